The number of carboxylic acids is 1. The molecule has 3 atom stereocenters. The lowest BCUT2D eigenvalue weighted by atomic mass is 10.1. The van der Waals surface area contributed by atoms with Crippen molar-refractivity contribution >= 4 is 17.6 Å². The van der Waals surface area contributed by atoms with Gasteiger partial charge in [-0.1, -0.05) is 22.9 Å². The van der Waals surface area contributed by atoms with E-state index >= 15 is 0 Å². The Morgan fingerprint density at radius 3 is 2.96 bits per heavy atom. The highest BCUT2D eigenvalue weighted by Gasteiger charge is 2.39. The highest BCUT2D eigenvalue weighted by atomic mass is 35.5. The van der Waals surface area contributed by atoms with E-state index in [1.165, 1.54) is 12.1 Å². The Bertz CT molecular complexity index is 710. The van der Waals surface area contributed by atoms with Gasteiger partial charge >= 0.3 is 5.97 Å². The Balaban J connectivity index is 1.62. The molecule has 0 aliphatic heterocycles. The molecule has 1 saturated carbocycles. The van der Waals surface area contributed by atoms with Crippen molar-refractivity contribution in [1.29, 1.82) is 0 Å². The minimum Gasteiger partial charge on any atom is -0.481 e. The maximum atomic E-state index is 13.1. The van der Waals surface area contributed by atoms with Crippen molar-refractivity contribution in [2.75, 3.05) is 6.54 Å². The molecular formula is C16H18ClFN4O2. The number of benzene rings is 1. The van der Waals surface area contributed by atoms with Crippen molar-refractivity contribution in [3.8, 4) is 0 Å². The molecule has 0 spiro atoms. The molecule has 1 fully saturated rings. The van der Waals surface area contributed by atoms with Gasteiger partial charge < -0.3 is 10.4 Å². The fourth-order valence-electron chi connectivity index (χ4n) is 3.24. The van der Waals surface area contributed by atoms with E-state index in [1.807, 2.05) is 0 Å². The maximum Gasteiger partial charge on any atom is 0.306 e. The van der Waals surface area contributed by atoms with Crippen LogP contribution in [0.5, 0.6) is 0 Å². The first-order valence-electron chi connectivity index (χ1n) is 7.80. The summed E-state index contributed by atoms with van der Waals surface area (Å²) in [5.41, 5.74) is 0.857. The first-order chi connectivity index (χ1) is 11.5. The minimum atomic E-state index is -0.786. The van der Waals surface area contributed by atoms with Crippen LogP contribution >= 0.6 is 11.6 Å². The van der Waals surface area contributed by atoms with Crippen molar-refractivity contribution in [3.05, 3.63) is 47.0 Å². The van der Waals surface area contributed by atoms with Crippen LogP contribution < -0.4 is 5.32 Å². The molecule has 1 aromatic heterocycles. The number of aliphatic carboxylic acids is 1. The smallest absolute Gasteiger partial charge is 0.306 e. The van der Waals surface area contributed by atoms with E-state index < -0.39 is 11.9 Å². The van der Waals surface area contributed by atoms with Gasteiger partial charge in [0.05, 0.1) is 18.2 Å². The second kappa shape index (κ2) is 7.27. The molecular weight excluding hydrogens is 335 g/mol. The van der Waals surface area contributed by atoms with E-state index in [-0.39, 0.29) is 17.9 Å². The third-order valence-electron chi connectivity index (χ3n) is 4.47. The van der Waals surface area contributed by atoms with Crippen LogP contribution in [0.15, 0.2) is 30.6 Å². The predicted octanol–water partition coefficient (Wildman–Crippen LogP) is 2.31. The average molecular weight is 353 g/mol. The summed E-state index contributed by atoms with van der Waals surface area (Å²) in [5.74, 6) is -1.54. The first-order valence-corrected chi connectivity index (χ1v) is 8.18. The molecule has 1 aliphatic rings. The summed E-state index contributed by atoms with van der Waals surface area (Å²) in [5, 5.41) is 20.9. The molecule has 1 heterocycles. The summed E-state index contributed by atoms with van der Waals surface area (Å²) >= 11 is 6.03. The van der Waals surface area contributed by atoms with Crippen LogP contribution in [0.25, 0.3) is 0 Å². The molecule has 1 aliphatic carbocycles. The molecule has 2 aromatic rings. The van der Waals surface area contributed by atoms with E-state index in [0.717, 1.165) is 5.56 Å². The average Bonchev–Trinajstić information content (AvgIpc) is 3.18. The lowest BCUT2D eigenvalue weighted by Gasteiger charge is -2.20. The molecule has 8 heteroatoms. The Hall–Kier alpha value is -1.99. The Morgan fingerprint density at radius 1 is 1.46 bits per heavy atom. The molecule has 0 bridgehead atoms. The van der Waals surface area contributed by atoms with Gasteiger partial charge in [-0.25, -0.2) is 9.07 Å². The number of nitrogens with one attached hydrogen (secondary N) is 1. The van der Waals surface area contributed by atoms with Gasteiger partial charge in [-0.05, 0) is 43.5 Å². The summed E-state index contributed by atoms with van der Waals surface area (Å²) in [7, 11) is 0. The largest absolute Gasteiger partial charge is 0.481 e. The number of aromatic nitrogens is 3. The second-order valence-electron chi connectivity index (χ2n) is 6.00. The molecule has 24 heavy (non-hydrogen) atoms. The molecule has 0 radical (unpaired) electrons. The summed E-state index contributed by atoms with van der Waals surface area (Å²) in [6.45, 7) is 0.619. The van der Waals surface area contributed by atoms with Gasteiger partial charge in [0.1, 0.15) is 5.82 Å². The number of hydrogen-bond donors (Lipinski definition) is 2. The van der Waals surface area contributed by atoms with E-state index in [1.54, 1.807) is 23.1 Å². The quantitative estimate of drug-likeness (QED) is 0.834. The standard InChI is InChI=1S/C16H18ClFN4O2/c17-13-9-12(18)2-1-10(13)3-4-19-14-7-11(16(23)24)8-15(14)22-6-5-20-21-22/h1-2,5-6,9,11,14-15,19H,3-4,7-8H2,(H,23,24)/t11?,14-,15+/m1/s1. The van der Waals surface area contributed by atoms with E-state index in [4.69, 9.17) is 11.6 Å². The Kier molecular flexibility index (Phi) is 5.11. The van der Waals surface area contributed by atoms with Crippen molar-refractivity contribution < 1.29 is 14.3 Å². The number of carboxylic acid groups (broad SMARTS) is 1. The van der Waals surface area contributed by atoms with Gasteiger partial charge in [0, 0.05) is 17.3 Å². The molecule has 1 aromatic carbocycles. The van der Waals surface area contributed by atoms with Crippen LogP contribution in [-0.4, -0.2) is 38.7 Å². The summed E-state index contributed by atoms with van der Waals surface area (Å²) in [4.78, 5) is 11.3. The number of nitrogens with zero attached hydrogens (tertiary/aromatic N) is 3. The highest BCUT2D eigenvalue weighted by Crippen LogP contribution is 2.34. The zero-order valence-electron chi connectivity index (χ0n) is 12.9. The molecule has 3 rings (SSSR count). The van der Waals surface area contributed by atoms with Gasteiger partial charge in [0.2, 0.25) is 0 Å². The monoisotopic (exact) mass is 352 g/mol. The summed E-state index contributed by atoms with van der Waals surface area (Å²) in [6.07, 6.45) is 5.03. The van der Waals surface area contributed by atoms with Gasteiger partial charge in [-0.3, -0.25) is 4.79 Å². The van der Waals surface area contributed by atoms with Crippen molar-refractivity contribution in [2.24, 2.45) is 5.92 Å². The zero-order chi connectivity index (χ0) is 17.1. The van der Waals surface area contributed by atoms with Crippen LogP contribution in [0.1, 0.15) is 24.4 Å². The van der Waals surface area contributed by atoms with Crippen LogP contribution in [0.2, 0.25) is 5.02 Å². The number of carbonyl (C=O) groups is 1. The van der Waals surface area contributed by atoms with Crippen LogP contribution in [-0.2, 0) is 11.2 Å². The molecule has 0 amide bonds. The van der Waals surface area contributed by atoms with Crippen LogP contribution in [0.3, 0.4) is 0 Å². The Morgan fingerprint density at radius 2 is 2.29 bits per heavy atom. The lowest BCUT2D eigenvalue weighted by Crippen LogP contribution is -2.35. The number of hydrogen-bond acceptors (Lipinski definition) is 4. The van der Waals surface area contributed by atoms with Gasteiger partial charge in [0.25, 0.3) is 0 Å². The van der Waals surface area contributed by atoms with Crippen molar-refractivity contribution in [1.82, 2.24) is 20.3 Å². The molecule has 6 nitrogen and oxygen atoms in total. The third kappa shape index (κ3) is 3.73. The minimum absolute atomic E-state index is 0.00739. The van der Waals surface area contributed by atoms with Crippen LogP contribution in [0.4, 0.5) is 4.39 Å². The molecule has 128 valence electrons. The molecule has 2 N–H and O–H groups in total. The van der Waals surface area contributed by atoms with Gasteiger partial charge in [-0.2, -0.15) is 0 Å². The summed E-state index contributed by atoms with van der Waals surface area (Å²) in [6, 6.07) is 4.30. The predicted molar refractivity (Wildman–Crippen MR) is 86.3 cm³/mol. The first kappa shape index (κ1) is 16.9. The Labute approximate surface area is 143 Å². The fourth-order valence-corrected chi connectivity index (χ4v) is 3.50. The van der Waals surface area contributed by atoms with E-state index in [9.17, 15) is 14.3 Å². The summed E-state index contributed by atoms with van der Waals surface area (Å²) < 4.78 is 14.8. The number of rotatable bonds is 6. The van der Waals surface area contributed by atoms with Gasteiger partial charge in [-0.15, -0.1) is 5.10 Å². The van der Waals surface area contributed by atoms with E-state index in [2.05, 4.69) is 15.6 Å². The lowest BCUT2D eigenvalue weighted by molar-refractivity contribution is -0.141. The SMILES string of the molecule is O=C(O)C1C[C@@H](NCCc2ccc(F)cc2Cl)[C@@H](n2ccnn2)C1. The zero-order valence-corrected chi connectivity index (χ0v) is 13.7. The second-order valence-corrected chi connectivity index (χ2v) is 6.41. The molecule has 0 saturated heterocycles. The van der Waals surface area contributed by atoms with E-state index in [0.29, 0.717) is 30.8 Å². The van der Waals surface area contributed by atoms with Gasteiger partial charge in [0.15, 0.2) is 0 Å². The number of halogens is 2. The van der Waals surface area contributed by atoms with Crippen molar-refractivity contribution in [2.45, 2.75) is 31.3 Å². The topological polar surface area (TPSA) is 80.0 Å². The normalized spacial score (nSPS) is 23.5. The highest BCUT2D eigenvalue weighted by molar-refractivity contribution is 6.31. The fraction of sp³-hybridized carbons (Fsp3) is 0.438. The maximum absolute atomic E-state index is 13.1. The van der Waals surface area contributed by atoms with Crippen molar-refractivity contribution in [3.63, 3.8) is 0 Å². The van der Waals surface area contributed by atoms with Crippen LogP contribution in [0, 0.1) is 11.7 Å². The third-order valence-corrected chi connectivity index (χ3v) is 4.83. The molecule has 1 unspecified atom stereocenters.